The number of rotatable bonds is 6. The lowest BCUT2D eigenvalue weighted by Crippen LogP contribution is -2.38. The van der Waals surface area contributed by atoms with E-state index in [1.54, 1.807) is 10.9 Å². The monoisotopic (exact) mass is 327 g/mol. The van der Waals surface area contributed by atoms with Crippen molar-refractivity contribution in [3.63, 3.8) is 0 Å². The molecule has 2 aromatic heterocycles. The molecule has 126 valence electrons. The van der Waals surface area contributed by atoms with Crippen molar-refractivity contribution in [2.24, 2.45) is 7.05 Å². The van der Waals surface area contributed by atoms with Gasteiger partial charge < -0.3 is 14.1 Å². The SMILES string of the molecule is Cc1cc2cc(CN[C@H](Cc3cn(C)cn3)C(=O)O)oc2cc1C. The second kappa shape index (κ2) is 6.49. The molecule has 0 spiro atoms. The standard InChI is InChI=1S/C18H21N3O3/c1-11-4-13-6-15(24-17(13)5-12(11)2)8-19-16(18(22)23)7-14-9-21(3)10-20-14/h4-6,9-10,16,19H,7-8H2,1-3H3,(H,22,23)/t16-/m1/s1. The van der Waals surface area contributed by atoms with E-state index in [-0.39, 0.29) is 0 Å². The van der Waals surface area contributed by atoms with Gasteiger partial charge in [0.1, 0.15) is 17.4 Å². The van der Waals surface area contributed by atoms with Crippen LogP contribution >= 0.6 is 0 Å². The minimum atomic E-state index is -0.900. The summed E-state index contributed by atoms with van der Waals surface area (Å²) < 4.78 is 7.62. The molecule has 2 N–H and O–H groups in total. The maximum Gasteiger partial charge on any atom is 0.321 e. The Bertz CT molecular complexity index is 840. The summed E-state index contributed by atoms with van der Waals surface area (Å²) in [4.78, 5) is 15.6. The van der Waals surface area contributed by atoms with Gasteiger partial charge in [0.2, 0.25) is 0 Å². The summed E-state index contributed by atoms with van der Waals surface area (Å²) in [5.41, 5.74) is 3.95. The van der Waals surface area contributed by atoms with Crippen LogP contribution in [0.25, 0.3) is 11.0 Å². The molecule has 0 aliphatic carbocycles. The number of hydrogen-bond acceptors (Lipinski definition) is 4. The molecule has 0 saturated carbocycles. The number of nitrogens with one attached hydrogen (secondary N) is 1. The number of hydrogen-bond donors (Lipinski definition) is 2. The Hall–Kier alpha value is -2.60. The van der Waals surface area contributed by atoms with E-state index in [9.17, 15) is 9.90 Å². The molecule has 1 aromatic carbocycles. The molecular formula is C18H21N3O3. The Labute approximate surface area is 140 Å². The van der Waals surface area contributed by atoms with Crippen LogP contribution in [0.2, 0.25) is 0 Å². The molecule has 3 aromatic rings. The maximum absolute atomic E-state index is 11.5. The Balaban J connectivity index is 1.71. The molecule has 0 aliphatic rings. The number of aromatic nitrogens is 2. The van der Waals surface area contributed by atoms with E-state index in [4.69, 9.17) is 4.42 Å². The fourth-order valence-electron chi connectivity index (χ4n) is 2.70. The quantitative estimate of drug-likeness (QED) is 0.727. The predicted octanol–water partition coefficient (Wildman–Crippen LogP) is 2.57. The van der Waals surface area contributed by atoms with Crippen LogP contribution in [0.1, 0.15) is 22.6 Å². The van der Waals surface area contributed by atoms with Crippen molar-refractivity contribution in [2.45, 2.75) is 32.9 Å². The van der Waals surface area contributed by atoms with Crippen LogP contribution in [-0.4, -0.2) is 26.7 Å². The lowest BCUT2D eigenvalue weighted by molar-refractivity contribution is -0.139. The van der Waals surface area contributed by atoms with Crippen LogP contribution < -0.4 is 5.32 Å². The third kappa shape index (κ3) is 3.49. The van der Waals surface area contributed by atoms with Crippen molar-refractivity contribution in [3.8, 4) is 0 Å². The number of aryl methyl sites for hydroxylation is 3. The zero-order chi connectivity index (χ0) is 17.3. The number of imidazole rings is 1. The van der Waals surface area contributed by atoms with Gasteiger partial charge in [-0.2, -0.15) is 0 Å². The van der Waals surface area contributed by atoms with Gasteiger partial charge in [-0.15, -0.1) is 0 Å². The van der Waals surface area contributed by atoms with Gasteiger partial charge in [0.15, 0.2) is 0 Å². The molecule has 0 fully saturated rings. The van der Waals surface area contributed by atoms with Gasteiger partial charge in [-0.1, -0.05) is 0 Å². The van der Waals surface area contributed by atoms with Gasteiger partial charge >= 0.3 is 5.97 Å². The molecule has 6 nitrogen and oxygen atoms in total. The highest BCUT2D eigenvalue weighted by molar-refractivity contribution is 5.79. The third-order valence-electron chi connectivity index (χ3n) is 4.18. The van der Waals surface area contributed by atoms with Gasteiger partial charge in [0.25, 0.3) is 0 Å². The van der Waals surface area contributed by atoms with E-state index in [2.05, 4.69) is 23.3 Å². The van der Waals surface area contributed by atoms with Gasteiger partial charge in [-0.3, -0.25) is 10.1 Å². The van der Waals surface area contributed by atoms with E-state index < -0.39 is 12.0 Å². The van der Waals surface area contributed by atoms with Crippen LogP contribution in [0.3, 0.4) is 0 Å². The molecule has 0 saturated heterocycles. The number of benzene rings is 1. The molecule has 1 atom stereocenters. The molecule has 0 bridgehead atoms. The molecule has 6 heteroatoms. The Kier molecular flexibility index (Phi) is 4.40. The minimum absolute atomic E-state index is 0.328. The molecule has 2 heterocycles. The van der Waals surface area contributed by atoms with Crippen molar-refractivity contribution < 1.29 is 14.3 Å². The number of fused-ring (bicyclic) bond motifs is 1. The zero-order valence-corrected chi connectivity index (χ0v) is 14.0. The molecule has 0 amide bonds. The average molecular weight is 327 g/mol. The molecule has 24 heavy (non-hydrogen) atoms. The van der Waals surface area contributed by atoms with E-state index >= 15 is 0 Å². The Morgan fingerprint density at radius 3 is 2.75 bits per heavy atom. The summed E-state index contributed by atoms with van der Waals surface area (Å²) in [5.74, 6) is -0.175. The highest BCUT2D eigenvalue weighted by atomic mass is 16.4. The number of aliphatic carboxylic acids is 1. The summed E-state index contributed by atoms with van der Waals surface area (Å²) in [6.07, 6.45) is 3.82. The highest BCUT2D eigenvalue weighted by Crippen LogP contribution is 2.23. The summed E-state index contributed by atoms with van der Waals surface area (Å²) in [6, 6.07) is 5.34. The van der Waals surface area contributed by atoms with Gasteiger partial charge in [0.05, 0.1) is 18.6 Å². The van der Waals surface area contributed by atoms with Crippen molar-refractivity contribution in [2.75, 3.05) is 0 Å². The fourth-order valence-corrected chi connectivity index (χ4v) is 2.70. The van der Waals surface area contributed by atoms with E-state index in [0.717, 1.165) is 22.4 Å². The van der Waals surface area contributed by atoms with Crippen molar-refractivity contribution in [1.82, 2.24) is 14.9 Å². The van der Waals surface area contributed by atoms with Crippen LogP contribution in [0.15, 0.2) is 35.1 Å². The number of carbonyl (C=O) groups is 1. The van der Waals surface area contributed by atoms with Crippen LogP contribution in [0, 0.1) is 13.8 Å². The second-order valence-corrected chi connectivity index (χ2v) is 6.19. The van der Waals surface area contributed by atoms with Gasteiger partial charge in [0, 0.05) is 25.1 Å². The fraction of sp³-hybridized carbons (Fsp3) is 0.333. The minimum Gasteiger partial charge on any atom is -0.480 e. The Morgan fingerprint density at radius 1 is 1.33 bits per heavy atom. The van der Waals surface area contributed by atoms with Crippen molar-refractivity contribution in [3.05, 3.63) is 53.3 Å². The second-order valence-electron chi connectivity index (χ2n) is 6.19. The normalized spacial score (nSPS) is 12.6. The lowest BCUT2D eigenvalue weighted by Gasteiger charge is -2.12. The molecule has 3 rings (SSSR count). The summed E-state index contributed by atoms with van der Waals surface area (Å²) >= 11 is 0. The molecular weight excluding hydrogens is 306 g/mol. The predicted molar refractivity (Wildman–Crippen MR) is 90.9 cm³/mol. The molecule has 0 aliphatic heterocycles. The smallest absolute Gasteiger partial charge is 0.321 e. The van der Waals surface area contributed by atoms with E-state index in [1.807, 2.05) is 32.3 Å². The van der Waals surface area contributed by atoms with Gasteiger partial charge in [-0.25, -0.2) is 4.98 Å². The number of furan rings is 1. The number of carboxylic acid groups (broad SMARTS) is 1. The van der Waals surface area contributed by atoms with E-state index in [0.29, 0.717) is 13.0 Å². The lowest BCUT2D eigenvalue weighted by atomic mass is 10.1. The largest absolute Gasteiger partial charge is 0.480 e. The van der Waals surface area contributed by atoms with Crippen molar-refractivity contribution in [1.29, 1.82) is 0 Å². The first-order chi connectivity index (χ1) is 11.4. The van der Waals surface area contributed by atoms with Crippen molar-refractivity contribution >= 4 is 16.9 Å². The first-order valence-corrected chi connectivity index (χ1v) is 7.85. The average Bonchev–Trinajstić information content (AvgIpc) is 3.09. The Morgan fingerprint density at radius 2 is 2.08 bits per heavy atom. The number of nitrogens with zero attached hydrogens (tertiary/aromatic N) is 2. The third-order valence-corrected chi connectivity index (χ3v) is 4.18. The number of carboxylic acids is 1. The van der Waals surface area contributed by atoms with Crippen LogP contribution in [0.4, 0.5) is 0 Å². The summed E-state index contributed by atoms with van der Waals surface area (Å²) in [7, 11) is 1.86. The summed E-state index contributed by atoms with van der Waals surface area (Å²) in [5, 5.41) is 13.5. The summed E-state index contributed by atoms with van der Waals surface area (Å²) in [6.45, 7) is 4.46. The zero-order valence-electron chi connectivity index (χ0n) is 14.0. The first kappa shape index (κ1) is 16.3. The molecule has 0 radical (unpaired) electrons. The van der Waals surface area contributed by atoms with Crippen LogP contribution in [0.5, 0.6) is 0 Å². The van der Waals surface area contributed by atoms with E-state index in [1.165, 1.54) is 11.1 Å². The molecule has 0 unspecified atom stereocenters. The highest BCUT2D eigenvalue weighted by Gasteiger charge is 2.19. The maximum atomic E-state index is 11.5. The topological polar surface area (TPSA) is 80.3 Å². The van der Waals surface area contributed by atoms with Gasteiger partial charge in [-0.05, 0) is 43.2 Å². The first-order valence-electron chi connectivity index (χ1n) is 7.85. The van der Waals surface area contributed by atoms with Crippen LogP contribution in [-0.2, 0) is 24.8 Å².